The fourth-order valence-corrected chi connectivity index (χ4v) is 1.89. The van der Waals surface area contributed by atoms with Gasteiger partial charge >= 0.3 is 0 Å². The van der Waals surface area contributed by atoms with E-state index in [-0.39, 0.29) is 0 Å². The monoisotopic (exact) mass is 227 g/mol. The van der Waals surface area contributed by atoms with Gasteiger partial charge in [-0.05, 0) is 56.2 Å². The molecular weight excluding hydrogens is 210 g/mol. The largest absolute Gasteiger partial charge is 0.496 e. The molecule has 2 nitrogen and oxygen atoms in total. The summed E-state index contributed by atoms with van der Waals surface area (Å²) < 4.78 is 5.39. The van der Waals surface area contributed by atoms with Crippen LogP contribution >= 0.6 is 0 Å². The molecule has 0 aliphatic carbocycles. The first-order valence-corrected chi connectivity index (χ1v) is 5.71. The van der Waals surface area contributed by atoms with E-state index in [1.807, 2.05) is 31.2 Å². The molecule has 2 rings (SSSR count). The highest BCUT2D eigenvalue weighted by Gasteiger charge is 2.07. The zero-order valence-corrected chi connectivity index (χ0v) is 10.7. The number of hydrogen-bond acceptors (Lipinski definition) is 2. The van der Waals surface area contributed by atoms with E-state index in [1.54, 1.807) is 7.11 Å². The molecule has 0 N–H and O–H groups in total. The highest BCUT2D eigenvalue weighted by atomic mass is 16.5. The van der Waals surface area contributed by atoms with Crippen molar-refractivity contribution in [3.05, 3.63) is 47.2 Å². The van der Waals surface area contributed by atoms with Crippen molar-refractivity contribution in [2.24, 2.45) is 0 Å². The Balaban J connectivity index is 2.56. The molecule has 0 spiro atoms. The van der Waals surface area contributed by atoms with E-state index in [0.29, 0.717) is 0 Å². The van der Waals surface area contributed by atoms with Crippen LogP contribution in [0.4, 0.5) is 0 Å². The van der Waals surface area contributed by atoms with Gasteiger partial charge in [0.2, 0.25) is 0 Å². The van der Waals surface area contributed by atoms with Crippen molar-refractivity contribution in [1.29, 1.82) is 0 Å². The molecule has 88 valence electrons. The maximum absolute atomic E-state index is 5.39. The molecule has 0 aliphatic rings. The minimum atomic E-state index is 0.920. The van der Waals surface area contributed by atoms with E-state index in [2.05, 4.69) is 24.9 Å². The van der Waals surface area contributed by atoms with Gasteiger partial charge in [-0.25, -0.2) is 0 Å². The third-order valence-electron chi connectivity index (χ3n) is 3.02. The van der Waals surface area contributed by atoms with Gasteiger partial charge in [0, 0.05) is 11.3 Å². The number of pyridine rings is 1. The van der Waals surface area contributed by atoms with Crippen LogP contribution in [0, 0.1) is 20.8 Å². The Bertz CT molecular complexity index is 547. The third-order valence-corrected chi connectivity index (χ3v) is 3.02. The van der Waals surface area contributed by atoms with Crippen molar-refractivity contribution in [3.63, 3.8) is 0 Å². The number of aromatic nitrogens is 1. The Morgan fingerprint density at radius 3 is 2.47 bits per heavy atom. The van der Waals surface area contributed by atoms with Crippen LogP contribution in [0.25, 0.3) is 11.3 Å². The van der Waals surface area contributed by atoms with Crippen molar-refractivity contribution >= 4 is 0 Å². The van der Waals surface area contributed by atoms with Gasteiger partial charge in [0.05, 0.1) is 12.8 Å². The van der Waals surface area contributed by atoms with Gasteiger partial charge in [0.25, 0.3) is 0 Å². The van der Waals surface area contributed by atoms with Gasteiger partial charge in [-0.15, -0.1) is 0 Å². The quantitative estimate of drug-likeness (QED) is 0.780. The number of nitrogens with zero attached hydrogens (tertiary/aromatic N) is 1. The van der Waals surface area contributed by atoms with E-state index in [4.69, 9.17) is 4.74 Å². The number of rotatable bonds is 2. The molecule has 1 heterocycles. The SMILES string of the molecule is COc1cc(-c2cccc(C)n2)cc(C)c1C. The van der Waals surface area contributed by atoms with Crippen LogP contribution in [-0.2, 0) is 0 Å². The van der Waals surface area contributed by atoms with Gasteiger partial charge in [-0.1, -0.05) is 6.07 Å². The van der Waals surface area contributed by atoms with Crippen LogP contribution < -0.4 is 4.74 Å². The van der Waals surface area contributed by atoms with Crippen molar-refractivity contribution in [1.82, 2.24) is 4.98 Å². The van der Waals surface area contributed by atoms with Gasteiger partial charge in [-0.2, -0.15) is 0 Å². The van der Waals surface area contributed by atoms with E-state index < -0.39 is 0 Å². The summed E-state index contributed by atoms with van der Waals surface area (Å²) in [5.41, 5.74) is 5.53. The summed E-state index contributed by atoms with van der Waals surface area (Å²) in [6, 6.07) is 10.3. The lowest BCUT2D eigenvalue weighted by molar-refractivity contribution is 0.411. The van der Waals surface area contributed by atoms with Gasteiger partial charge < -0.3 is 4.74 Å². The minimum Gasteiger partial charge on any atom is -0.496 e. The molecule has 2 aromatic rings. The molecule has 1 aromatic heterocycles. The van der Waals surface area contributed by atoms with Crippen molar-refractivity contribution < 1.29 is 4.74 Å². The summed E-state index contributed by atoms with van der Waals surface area (Å²) in [4.78, 5) is 4.53. The number of ether oxygens (including phenoxy) is 1. The molecule has 2 heteroatoms. The lowest BCUT2D eigenvalue weighted by atomic mass is 10.0. The predicted octanol–water partition coefficient (Wildman–Crippen LogP) is 3.68. The molecule has 0 fully saturated rings. The first kappa shape index (κ1) is 11.6. The van der Waals surface area contributed by atoms with Crippen LogP contribution in [0.1, 0.15) is 16.8 Å². The molecule has 0 bridgehead atoms. The molecule has 0 atom stereocenters. The van der Waals surface area contributed by atoms with Crippen LogP contribution in [0.5, 0.6) is 5.75 Å². The summed E-state index contributed by atoms with van der Waals surface area (Å²) >= 11 is 0. The second-order valence-electron chi connectivity index (χ2n) is 4.28. The third kappa shape index (κ3) is 2.31. The summed E-state index contributed by atoms with van der Waals surface area (Å²) in [5.74, 6) is 0.920. The van der Waals surface area contributed by atoms with E-state index >= 15 is 0 Å². The number of hydrogen-bond donors (Lipinski definition) is 0. The van der Waals surface area contributed by atoms with Gasteiger partial charge in [0.1, 0.15) is 5.75 Å². The first-order chi connectivity index (χ1) is 8.11. The second kappa shape index (κ2) is 4.58. The molecule has 0 saturated heterocycles. The normalized spacial score (nSPS) is 10.4. The summed E-state index contributed by atoms with van der Waals surface area (Å²) in [7, 11) is 1.70. The Morgan fingerprint density at radius 1 is 1.06 bits per heavy atom. The predicted molar refractivity (Wildman–Crippen MR) is 70.4 cm³/mol. The zero-order chi connectivity index (χ0) is 12.4. The molecule has 0 amide bonds. The first-order valence-electron chi connectivity index (χ1n) is 5.71. The van der Waals surface area contributed by atoms with Crippen LogP contribution in [0.2, 0.25) is 0 Å². The van der Waals surface area contributed by atoms with Crippen molar-refractivity contribution in [2.75, 3.05) is 7.11 Å². The molecule has 1 aromatic carbocycles. The summed E-state index contributed by atoms with van der Waals surface area (Å²) in [6.45, 7) is 6.17. The topological polar surface area (TPSA) is 22.1 Å². The number of methoxy groups -OCH3 is 1. The highest BCUT2D eigenvalue weighted by molar-refractivity contribution is 5.64. The maximum atomic E-state index is 5.39. The molecule has 0 saturated carbocycles. The summed E-state index contributed by atoms with van der Waals surface area (Å²) in [5, 5.41) is 0. The smallest absolute Gasteiger partial charge is 0.122 e. The van der Waals surface area contributed by atoms with Crippen LogP contribution in [0.3, 0.4) is 0 Å². The molecule has 0 unspecified atom stereocenters. The Morgan fingerprint density at radius 2 is 1.82 bits per heavy atom. The van der Waals surface area contributed by atoms with Gasteiger partial charge in [-0.3, -0.25) is 4.98 Å². The van der Waals surface area contributed by atoms with Crippen molar-refractivity contribution in [2.45, 2.75) is 20.8 Å². The molecule has 0 radical (unpaired) electrons. The average molecular weight is 227 g/mol. The van der Waals surface area contributed by atoms with Crippen molar-refractivity contribution in [3.8, 4) is 17.0 Å². The fourth-order valence-electron chi connectivity index (χ4n) is 1.89. The Kier molecular flexibility index (Phi) is 3.14. The highest BCUT2D eigenvalue weighted by Crippen LogP contribution is 2.28. The Hall–Kier alpha value is -1.83. The molecule has 17 heavy (non-hydrogen) atoms. The van der Waals surface area contributed by atoms with E-state index in [0.717, 1.165) is 22.7 Å². The van der Waals surface area contributed by atoms with Crippen LogP contribution in [-0.4, -0.2) is 12.1 Å². The fraction of sp³-hybridized carbons (Fsp3) is 0.267. The molecule has 0 aliphatic heterocycles. The van der Waals surface area contributed by atoms with E-state index in [9.17, 15) is 0 Å². The lowest BCUT2D eigenvalue weighted by Gasteiger charge is -2.11. The standard InChI is InChI=1S/C15H17NO/c1-10-8-13(9-15(17-4)12(10)3)14-7-5-6-11(2)16-14/h5-9H,1-4H3. The van der Waals surface area contributed by atoms with Crippen LogP contribution in [0.15, 0.2) is 30.3 Å². The Labute approximate surface area is 102 Å². The minimum absolute atomic E-state index is 0.920. The number of benzene rings is 1. The average Bonchev–Trinajstić information content (AvgIpc) is 2.32. The molecular formula is C15H17NO. The lowest BCUT2D eigenvalue weighted by Crippen LogP contribution is -1.93. The summed E-state index contributed by atoms with van der Waals surface area (Å²) in [6.07, 6.45) is 0. The van der Waals surface area contributed by atoms with Gasteiger partial charge in [0.15, 0.2) is 0 Å². The maximum Gasteiger partial charge on any atom is 0.122 e. The second-order valence-corrected chi connectivity index (χ2v) is 4.28. The zero-order valence-electron chi connectivity index (χ0n) is 10.7. The number of aryl methyl sites for hydroxylation is 2. The van der Waals surface area contributed by atoms with E-state index in [1.165, 1.54) is 11.1 Å².